The molecule has 12 heteroatoms. The SMILES string of the molecule is Cc1nc(Nc2cccc(-c3cccc(-c4nc5cc(CN6CCC(C(=O)O)CC6)cc(C#N)c5o4)c3C)c2C)c2ncc(CNCC(C)O)cc2n1. The highest BCUT2D eigenvalue weighted by atomic mass is 16.4. The summed E-state index contributed by atoms with van der Waals surface area (Å²) in [5, 5.41) is 35.7. The Hall–Kier alpha value is -5.74. The largest absolute Gasteiger partial charge is 0.481 e. The molecule has 4 heterocycles. The Morgan fingerprint density at radius 1 is 0.981 bits per heavy atom. The lowest BCUT2D eigenvalue weighted by atomic mass is 9.93. The number of hydrogen-bond acceptors (Lipinski definition) is 11. The summed E-state index contributed by atoms with van der Waals surface area (Å²) >= 11 is 0. The Labute approximate surface area is 307 Å². The maximum Gasteiger partial charge on any atom is 0.306 e. The molecular weight excluding hydrogens is 669 g/mol. The van der Waals surface area contributed by atoms with Crippen LogP contribution in [0.3, 0.4) is 0 Å². The van der Waals surface area contributed by atoms with Crippen molar-refractivity contribution in [1.82, 2.24) is 30.2 Å². The van der Waals surface area contributed by atoms with Crippen molar-refractivity contribution in [2.45, 2.75) is 59.7 Å². The van der Waals surface area contributed by atoms with Gasteiger partial charge >= 0.3 is 5.97 Å². The predicted octanol–water partition coefficient (Wildman–Crippen LogP) is 6.81. The van der Waals surface area contributed by atoms with Crippen LogP contribution < -0.4 is 10.6 Å². The lowest BCUT2D eigenvalue weighted by molar-refractivity contribution is -0.143. The van der Waals surface area contributed by atoms with E-state index in [0.29, 0.717) is 85.3 Å². The van der Waals surface area contributed by atoms with Gasteiger partial charge in [-0.05, 0) is 117 Å². The van der Waals surface area contributed by atoms with Gasteiger partial charge in [-0.2, -0.15) is 5.26 Å². The topological polar surface area (TPSA) is 173 Å². The molecule has 1 fully saturated rings. The summed E-state index contributed by atoms with van der Waals surface area (Å²) in [4.78, 5) is 32.6. The number of anilines is 2. The van der Waals surface area contributed by atoms with Crippen molar-refractivity contribution in [2.75, 3.05) is 25.0 Å². The van der Waals surface area contributed by atoms with Gasteiger partial charge in [0.05, 0.1) is 23.1 Å². The number of hydrogen-bond donors (Lipinski definition) is 4. The third kappa shape index (κ3) is 7.59. The van der Waals surface area contributed by atoms with E-state index in [4.69, 9.17) is 19.4 Å². The van der Waals surface area contributed by atoms with E-state index in [1.165, 1.54) is 0 Å². The fraction of sp³-hybridized carbons (Fsp3) is 0.317. The number of piperidine rings is 1. The first-order valence-electron chi connectivity index (χ1n) is 17.9. The molecule has 1 aliphatic rings. The molecule has 7 rings (SSSR count). The number of oxazole rings is 1. The minimum Gasteiger partial charge on any atom is -0.481 e. The molecule has 53 heavy (non-hydrogen) atoms. The Bertz CT molecular complexity index is 2370. The Morgan fingerprint density at radius 3 is 2.43 bits per heavy atom. The number of aromatic nitrogens is 4. The first-order chi connectivity index (χ1) is 25.6. The zero-order valence-electron chi connectivity index (χ0n) is 30.3. The number of aliphatic hydroxyl groups excluding tert-OH is 1. The van der Waals surface area contributed by atoms with E-state index in [1.807, 2.05) is 49.4 Å². The molecule has 0 saturated carbocycles. The van der Waals surface area contributed by atoms with Crippen molar-refractivity contribution < 1.29 is 19.4 Å². The number of nitrogens with one attached hydrogen (secondary N) is 2. The number of benzene rings is 3. The van der Waals surface area contributed by atoms with Gasteiger partial charge in [0.25, 0.3) is 0 Å². The number of aliphatic carboxylic acids is 1. The lowest BCUT2D eigenvalue weighted by Gasteiger charge is -2.30. The van der Waals surface area contributed by atoms with Gasteiger partial charge < -0.3 is 25.3 Å². The maximum absolute atomic E-state index is 11.4. The van der Waals surface area contributed by atoms with Gasteiger partial charge in [-0.25, -0.2) is 15.0 Å². The van der Waals surface area contributed by atoms with E-state index in [-0.39, 0.29) is 5.92 Å². The molecule has 3 aromatic heterocycles. The zero-order chi connectivity index (χ0) is 37.2. The number of aliphatic hydroxyl groups is 1. The van der Waals surface area contributed by atoms with Crippen LogP contribution in [-0.2, 0) is 17.9 Å². The molecule has 0 amide bonds. The second kappa shape index (κ2) is 15.1. The number of carboxylic acid groups (broad SMARTS) is 1. The summed E-state index contributed by atoms with van der Waals surface area (Å²) < 4.78 is 6.30. The molecule has 1 unspecified atom stereocenters. The number of carbonyl (C=O) groups is 1. The summed E-state index contributed by atoms with van der Waals surface area (Å²) in [5.41, 5.74) is 10.6. The standard InChI is InChI=1S/C41H42N8O4/c1-23(50)19-43-20-28-17-35-37(44-21-28)39(46-26(4)45-35)47-34-10-6-8-32(25(34)3)31-7-5-9-33(24(31)2)40-48-36-16-27(15-30(18-42)38(36)53-40)22-49-13-11-29(12-14-49)41(51)52/h5-10,15-17,21,23,29,43,50H,11-14,19-20,22H2,1-4H3,(H,51,52)(H,45,46,47). The third-order valence-electron chi connectivity index (χ3n) is 9.93. The minimum atomic E-state index is -0.732. The average molecular weight is 711 g/mol. The van der Waals surface area contributed by atoms with Crippen molar-refractivity contribution in [3.8, 4) is 28.7 Å². The van der Waals surface area contributed by atoms with Crippen molar-refractivity contribution in [1.29, 1.82) is 5.26 Å². The Morgan fingerprint density at radius 2 is 1.70 bits per heavy atom. The number of aryl methyl sites for hydroxylation is 1. The molecule has 1 aliphatic heterocycles. The van der Waals surface area contributed by atoms with Crippen molar-refractivity contribution >= 4 is 39.6 Å². The van der Waals surface area contributed by atoms with Gasteiger partial charge in [0, 0.05) is 37.1 Å². The number of likely N-dealkylation sites (tertiary alicyclic amines) is 1. The summed E-state index contributed by atoms with van der Waals surface area (Å²) in [7, 11) is 0. The van der Waals surface area contributed by atoms with Crippen LogP contribution in [0.2, 0.25) is 0 Å². The van der Waals surface area contributed by atoms with Crippen LogP contribution in [0.4, 0.5) is 11.5 Å². The zero-order valence-corrected chi connectivity index (χ0v) is 30.3. The monoisotopic (exact) mass is 710 g/mol. The molecule has 12 nitrogen and oxygen atoms in total. The van der Waals surface area contributed by atoms with Crippen molar-refractivity contribution in [3.05, 3.63) is 94.4 Å². The van der Waals surface area contributed by atoms with Crippen LogP contribution in [0, 0.1) is 38.0 Å². The van der Waals surface area contributed by atoms with E-state index in [2.05, 4.69) is 52.6 Å². The second-order valence-electron chi connectivity index (χ2n) is 13.9. The molecule has 0 spiro atoms. The number of nitriles is 1. The summed E-state index contributed by atoms with van der Waals surface area (Å²) in [5.74, 6) is 0.651. The van der Waals surface area contributed by atoms with Gasteiger partial charge in [0.1, 0.15) is 22.9 Å². The molecule has 1 atom stereocenters. The maximum atomic E-state index is 11.4. The molecule has 270 valence electrons. The number of fused-ring (bicyclic) bond motifs is 2. The highest BCUT2D eigenvalue weighted by molar-refractivity contribution is 5.89. The molecule has 6 aromatic rings. The van der Waals surface area contributed by atoms with Crippen molar-refractivity contribution in [3.63, 3.8) is 0 Å². The lowest BCUT2D eigenvalue weighted by Crippen LogP contribution is -2.35. The quantitative estimate of drug-likeness (QED) is 0.111. The van der Waals surface area contributed by atoms with Gasteiger partial charge in [0.15, 0.2) is 11.4 Å². The van der Waals surface area contributed by atoms with E-state index in [1.54, 1.807) is 13.1 Å². The summed E-state index contributed by atoms with van der Waals surface area (Å²) in [6.07, 6.45) is 2.60. The molecule has 0 aliphatic carbocycles. The van der Waals surface area contributed by atoms with Crippen LogP contribution in [0.15, 0.2) is 65.2 Å². The fourth-order valence-electron chi connectivity index (χ4n) is 7.11. The van der Waals surface area contributed by atoms with Crippen LogP contribution in [0.25, 0.3) is 44.7 Å². The van der Waals surface area contributed by atoms with Gasteiger partial charge in [-0.3, -0.25) is 14.7 Å². The van der Waals surface area contributed by atoms with Gasteiger partial charge in [-0.1, -0.05) is 24.3 Å². The minimum absolute atomic E-state index is 0.298. The molecule has 4 N–H and O–H groups in total. The normalized spacial score (nSPS) is 14.4. The van der Waals surface area contributed by atoms with E-state index < -0.39 is 12.1 Å². The van der Waals surface area contributed by atoms with E-state index >= 15 is 0 Å². The first kappa shape index (κ1) is 35.7. The molecular formula is C41H42N8O4. The van der Waals surface area contributed by atoms with Gasteiger partial charge in [-0.15, -0.1) is 0 Å². The smallest absolute Gasteiger partial charge is 0.306 e. The van der Waals surface area contributed by atoms with E-state index in [9.17, 15) is 20.3 Å². The van der Waals surface area contributed by atoms with E-state index in [0.717, 1.165) is 50.1 Å². The van der Waals surface area contributed by atoms with Crippen LogP contribution >= 0.6 is 0 Å². The summed E-state index contributed by atoms with van der Waals surface area (Å²) in [6.45, 7) is 10.8. The van der Waals surface area contributed by atoms with Crippen LogP contribution in [0.1, 0.15) is 53.4 Å². The van der Waals surface area contributed by atoms with Gasteiger partial charge in [0.2, 0.25) is 5.89 Å². The Kier molecular flexibility index (Phi) is 10.1. The molecule has 0 radical (unpaired) electrons. The third-order valence-corrected chi connectivity index (χ3v) is 9.93. The highest BCUT2D eigenvalue weighted by Gasteiger charge is 2.25. The number of rotatable bonds is 11. The average Bonchev–Trinajstić information content (AvgIpc) is 3.56. The van der Waals surface area contributed by atoms with Crippen LogP contribution in [0.5, 0.6) is 0 Å². The first-order valence-corrected chi connectivity index (χ1v) is 17.9. The number of nitrogens with zero attached hydrogens (tertiary/aromatic N) is 6. The highest BCUT2D eigenvalue weighted by Crippen LogP contribution is 2.38. The summed E-state index contributed by atoms with van der Waals surface area (Å²) in [6, 6.07) is 20.3. The number of pyridine rings is 1. The second-order valence-corrected chi connectivity index (χ2v) is 13.9. The molecule has 0 bridgehead atoms. The van der Waals surface area contributed by atoms with Crippen molar-refractivity contribution in [2.24, 2.45) is 5.92 Å². The number of carboxylic acids is 1. The molecule has 3 aromatic carbocycles. The Balaban J connectivity index is 1.16. The van der Waals surface area contributed by atoms with Crippen LogP contribution in [-0.4, -0.2) is 66.8 Å². The predicted molar refractivity (Wildman–Crippen MR) is 203 cm³/mol. The molecule has 1 saturated heterocycles. The fourth-order valence-corrected chi connectivity index (χ4v) is 7.11.